The molecule has 2 aliphatic heterocycles. The maximum atomic E-state index is 6.46. The summed E-state index contributed by atoms with van der Waals surface area (Å²) in [7, 11) is 3.28. The number of aryl methyl sites for hydroxylation is 1. The lowest BCUT2D eigenvalue weighted by Gasteiger charge is -2.38. The Kier molecular flexibility index (Phi) is 5.10. The minimum atomic E-state index is -0.360. The molecule has 0 spiro atoms. The fourth-order valence-electron chi connectivity index (χ4n) is 4.20. The molecule has 2 atom stereocenters. The molecule has 2 heterocycles. The number of fused-ring (bicyclic) bond motifs is 3. The fraction of sp³-hybridized carbons (Fsp3) is 0.240. The van der Waals surface area contributed by atoms with E-state index in [-0.39, 0.29) is 12.3 Å². The van der Waals surface area contributed by atoms with Crippen molar-refractivity contribution in [2.24, 2.45) is 5.10 Å². The topological polar surface area (TPSA) is 43.3 Å². The van der Waals surface area contributed by atoms with Crippen LogP contribution in [-0.2, 0) is 0 Å². The van der Waals surface area contributed by atoms with Crippen molar-refractivity contribution in [1.29, 1.82) is 0 Å². The molecule has 0 saturated heterocycles. The zero-order chi connectivity index (χ0) is 21.5. The van der Waals surface area contributed by atoms with Crippen LogP contribution in [0.25, 0.3) is 0 Å². The van der Waals surface area contributed by atoms with E-state index in [1.165, 1.54) is 5.56 Å². The monoisotopic (exact) mass is 478 g/mol. The highest BCUT2D eigenvalue weighted by Crippen LogP contribution is 2.48. The zero-order valence-electron chi connectivity index (χ0n) is 17.6. The van der Waals surface area contributed by atoms with E-state index in [0.29, 0.717) is 11.5 Å². The Morgan fingerprint density at radius 3 is 2.48 bits per heavy atom. The van der Waals surface area contributed by atoms with Gasteiger partial charge in [-0.1, -0.05) is 45.8 Å². The number of halogens is 1. The van der Waals surface area contributed by atoms with E-state index < -0.39 is 0 Å². The second-order valence-electron chi connectivity index (χ2n) is 7.78. The summed E-state index contributed by atoms with van der Waals surface area (Å²) in [5, 5.41) is 7.11. The minimum absolute atomic E-state index is 0.0932. The highest BCUT2D eigenvalue weighted by atomic mass is 79.9. The van der Waals surface area contributed by atoms with E-state index in [1.807, 2.05) is 30.3 Å². The Morgan fingerprint density at radius 2 is 1.74 bits per heavy atom. The molecule has 5 rings (SSSR count). The van der Waals surface area contributed by atoms with Crippen LogP contribution in [0.2, 0.25) is 0 Å². The standard InChI is InChI=1S/C25H23BrN2O3/c1-15-4-6-16(7-5-15)20-14-21-19-13-18(26)9-11-22(19)31-25(28(21)27-20)17-8-10-23(29-2)24(12-17)30-3/h4-13,21,25H,14H2,1-3H3/t21-,25-/m0/s1. The molecule has 3 aromatic carbocycles. The quantitative estimate of drug-likeness (QED) is 0.459. The predicted octanol–water partition coefficient (Wildman–Crippen LogP) is 6.02. The first-order valence-electron chi connectivity index (χ1n) is 10.2. The smallest absolute Gasteiger partial charge is 0.214 e. The zero-order valence-corrected chi connectivity index (χ0v) is 19.2. The van der Waals surface area contributed by atoms with E-state index in [0.717, 1.165) is 39.0 Å². The van der Waals surface area contributed by atoms with E-state index >= 15 is 0 Å². The summed E-state index contributed by atoms with van der Waals surface area (Å²) in [5.41, 5.74) is 5.54. The van der Waals surface area contributed by atoms with Crippen LogP contribution in [0.1, 0.15) is 40.9 Å². The van der Waals surface area contributed by atoms with Crippen LogP contribution in [0.3, 0.4) is 0 Å². The molecule has 6 heteroatoms. The van der Waals surface area contributed by atoms with Crippen molar-refractivity contribution in [3.63, 3.8) is 0 Å². The molecule has 0 N–H and O–H groups in total. The summed E-state index contributed by atoms with van der Waals surface area (Å²) in [6.45, 7) is 2.10. The lowest BCUT2D eigenvalue weighted by atomic mass is 9.95. The van der Waals surface area contributed by atoms with Crippen molar-refractivity contribution >= 4 is 21.6 Å². The number of ether oxygens (including phenoxy) is 3. The molecule has 158 valence electrons. The van der Waals surface area contributed by atoms with Gasteiger partial charge in [0.2, 0.25) is 6.23 Å². The van der Waals surface area contributed by atoms with Crippen molar-refractivity contribution in [2.75, 3.05) is 14.2 Å². The number of nitrogens with zero attached hydrogens (tertiary/aromatic N) is 2. The largest absolute Gasteiger partial charge is 0.493 e. The molecule has 3 aromatic rings. The van der Waals surface area contributed by atoms with Crippen molar-refractivity contribution < 1.29 is 14.2 Å². The van der Waals surface area contributed by atoms with E-state index in [9.17, 15) is 0 Å². The number of hydrogen-bond donors (Lipinski definition) is 0. The predicted molar refractivity (Wildman–Crippen MR) is 124 cm³/mol. The van der Waals surface area contributed by atoms with Gasteiger partial charge in [-0.25, -0.2) is 5.01 Å². The van der Waals surface area contributed by atoms with E-state index in [1.54, 1.807) is 14.2 Å². The lowest BCUT2D eigenvalue weighted by molar-refractivity contribution is -0.0192. The van der Waals surface area contributed by atoms with Gasteiger partial charge in [-0.2, -0.15) is 5.10 Å². The Balaban J connectivity index is 1.60. The lowest BCUT2D eigenvalue weighted by Crippen LogP contribution is -2.33. The van der Waals surface area contributed by atoms with Crippen LogP contribution in [0.5, 0.6) is 17.2 Å². The van der Waals surface area contributed by atoms with Gasteiger partial charge >= 0.3 is 0 Å². The molecular weight excluding hydrogens is 456 g/mol. The Bertz CT molecular complexity index is 1160. The van der Waals surface area contributed by atoms with Gasteiger partial charge < -0.3 is 14.2 Å². The first-order valence-corrected chi connectivity index (χ1v) is 11.0. The number of hydrogen-bond acceptors (Lipinski definition) is 5. The number of methoxy groups -OCH3 is 2. The minimum Gasteiger partial charge on any atom is -0.493 e. The Labute approximate surface area is 190 Å². The molecule has 0 aliphatic carbocycles. The molecule has 31 heavy (non-hydrogen) atoms. The highest BCUT2D eigenvalue weighted by Gasteiger charge is 2.41. The van der Waals surface area contributed by atoms with Gasteiger partial charge in [0, 0.05) is 22.0 Å². The number of hydrazone groups is 1. The second kappa shape index (κ2) is 7.93. The molecule has 0 bridgehead atoms. The normalized spacial score (nSPS) is 19.2. The first-order chi connectivity index (χ1) is 15.1. The Morgan fingerprint density at radius 1 is 0.968 bits per heavy atom. The fourth-order valence-corrected chi connectivity index (χ4v) is 4.58. The average molecular weight is 479 g/mol. The number of benzene rings is 3. The van der Waals surface area contributed by atoms with Gasteiger partial charge in [-0.05, 0) is 48.9 Å². The molecule has 0 unspecified atom stereocenters. The van der Waals surface area contributed by atoms with Crippen LogP contribution in [0, 0.1) is 6.92 Å². The molecule has 0 radical (unpaired) electrons. The van der Waals surface area contributed by atoms with Gasteiger partial charge in [-0.15, -0.1) is 0 Å². The first kappa shape index (κ1) is 19.9. The molecule has 0 aromatic heterocycles. The summed E-state index contributed by atoms with van der Waals surface area (Å²) >= 11 is 3.61. The van der Waals surface area contributed by atoms with Crippen molar-refractivity contribution in [3.05, 3.63) is 87.4 Å². The van der Waals surface area contributed by atoms with Crippen molar-refractivity contribution in [3.8, 4) is 17.2 Å². The van der Waals surface area contributed by atoms with Crippen LogP contribution < -0.4 is 14.2 Å². The van der Waals surface area contributed by atoms with Crippen LogP contribution in [0.15, 0.2) is 70.2 Å². The summed E-state index contributed by atoms with van der Waals surface area (Å²) in [4.78, 5) is 0. The molecule has 0 fully saturated rings. The van der Waals surface area contributed by atoms with E-state index in [2.05, 4.69) is 58.2 Å². The highest BCUT2D eigenvalue weighted by molar-refractivity contribution is 9.10. The summed E-state index contributed by atoms with van der Waals surface area (Å²) in [6.07, 6.45) is 0.459. The summed E-state index contributed by atoms with van der Waals surface area (Å²) < 4.78 is 18.4. The maximum Gasteiger partial charge on any atom is 0.214 e. The van der Waals surface area contributed by atoms with Crippen LogP contribution >= 0.6 is 15.9 Å². The molecule has 5 nitrogen and oxygen atoms in total. The van der Waals surface area contributed by atoms with Crippen LogP contribution in [0.4, 0.5) is 0 Å². The van der Waals surface area contributed by atoms with Gasteiger partial charge in [0.25, 0.3) is 0 Å². The average Bonchev–Trinajstić information content (AvgIpc) is 3.24. The summed E-state index contributed by atoms with van der Waals surface area (Å²) in [6, 6.07) is 20.7. The van der Waals surface area contributed by atoms with Gasteiger partial charge in [0.05, 0.1) is 26.0 Å². The van der Waals surface area contributed by atoms with Crippen molar-refractivity contribution in [2.45, 2.75) is 25.6 Å². The summed E-state index contributed by atoms with van der Waals surface area (Å²) in [5.74, 6) is 2.24. The third-order valence-electron chi connectivity index (χ3n) is 5.83. The van der Waals surface area contributed by atoms with Crippen LogP contribution in [-0.4, -0.2) is 24.9 Å². The third-order valence-corrected chi connectivity index (χ3v) is 6.32. The number of rotatable bonds is 4. The van der Waals surface area contributed by atoms with E-state index in [4.69, 9.17) is 19.3 Å². The SMILES string of the molecule is COc1ccc([C@@H]2Oc3ccc(Br)cc3[C@@H]3CC(c4ccc(C)cc4)=NN32)cc1OC. The second-order valence-corrected chi connectivity index (χ2v) is 8.70. The van der Waals surface area contributed by atoms with Gasteiger partial charge in [0.15, 0.2) is 11.5 Å². The van der Waals surface area contributed by atoms with Crippen molar-refractivity contribution in [1.82, 2.24) is 5.01 Å². The molecule has 0 saturated carbocycles. The molecule has 0 amide bonds. The van der Waals surface area contributed by atoms with Gasteiger partial charge in [0.1, 0.15) is 5.75 Å². The van der Waals surface area contributed by atoms with Gasteiger partial charge in [-0.3, -0.25) is 0 Å². The maximum absolute atomic E-state index is 6.46. The Hall–Kier alpha value is -2.99. The molecule has 2 aliphatic rings. The third kappa shape index (κ3) is 3.55. The molecular formula is C25H23BrN2O3.